The van der Waals surface area contributed by atoms with Crippen LogP contribution in [0.4, 0.5) is 11.6 Å². The quantitative estimate of drug-likeness (QED) is 0.464. The number of hydrogen-bond acceptors (Lipinski definition) is 6. The molecule has 0 aliphatic carbocycles. The number of benzene rings is 1. The van der Waals surface area contributed by atoms with Gasteiger partial charge >= 0.3 is 5.69 Å². The predicted molar refractivity (Wildman–Crippen MR) is 139 cm³/mol. The standard InChI is InChI=1S/C26H29N7O3/c1-16-7-6-11-32(16)25-27-14-19(15-28-25)18-8-5-9-20(13-18)29-23(34)17(2)33-12-10-21-22(33)24(35)31(4)26(36)30(21)3/h5,8-10,12-17H,6-7,11H2,1-4H3,(H,29,34)/t16-,17-/m0/s1. The first-order chi connectivity index (χ1) is 17.3. The summed E-state index contributed by atoms with van der Waals surface area (Å²) >= 11 is 0. The molecule has 4 aromatic rings. The van der Waals surface area contributed by atoms with Gasteiger partial charge in [-0.05, 0) is 50.5 Å². The fourth-order valence-electron chi connectivity index (χ4n) is 4.82. The van der Waals surface area contributed by atoms with Gasteiger partial charge in [0.05, 0.1) is 5.52 Å². The fourth-order valence-corrected chi connectivity index (χ4v) is 4.82. The monoisotopic (exact) mass is 487 g/mol. The minimum atomic E-state index is -0.679. The Kier molecular flexibility index (Phi) is 5.95. The van der Waals surface area contributed by atoms with Crippen LogP contribution in [0.3, 0.4) is 0 Å². The van der Waals surface area contributed by atoms with E-state index in [4.69, 9.17) is 0 Å². The van der Waals surface area contributed by atoms with Crippen LogP contribution < -0.4 is 21.5 Å². The summed E-state index contributed by atoms with van der Waals surface area (Å²) < 4.78 is 4.05. The van der Waals surface area contributed by atoms with Crippen molar-refractivity contribution in [1.29, 1.82) is 0 Å². The van der Waals surface area contributed by atoms with Crippen molar-refractivity contribution in [1.82, 2.24) is 23.7 Å². The number of nitrogens with zero attached hydrogens (tertiary/aromatic N) is 6. The number of anilines is 2. The van der Waals surface area contributed by atoms with Gasteiger partial charge in [0.2, 0.25) is 11.9 Å². The number of carbonyl (C=O) groups is 1. The number of amides is 1. The third-order valence-corrected chi connectivity index (χ3v) is 7.04. The van der Waals surface area contributed by atoms with E-state index in [9.17, 15) is 14.4 Å². The Bertz CT molecular complexity index is 1570. The summed E-state index contributed by atoms with van der Waals surface area (Å²) in [5.41, 5.74) is 2.31. The Morgan fingerprint density at radius 3 is 2.53 bits per heavy atom. The number of hydrogen-bond donors (Lipinski definition) is 1. The van der Waals surface area contributed by atoms with E-state index in [0.717, 1.165) is 41.0 Å². The molecule has 1 saturated heterocycles. The molecule has 2 atom stereocenters. The molecule has 1 fully saturated rings. The van der Waals surface area contributed by atoms with E-state index in [1.807, 2.05) is 36.7 Å². The van der Waals surface area contributed by atoms with E-state index in [-0.39, 0.29) is 5.91 Å². The lowest BCUT2D eigenvalue weighted by atomic mass is 10.1. The highest BCUT2D eigenvalue weighted by atomic mass is 16.2. The van der Waals surface area contributed by atoms with Crippen molar-refractivity contribution in [3.05, 3.63) is 69.8 Å². The first-order valence-electron chi connectivity index (χ1n) is 12.0. The summed E-state index contributed by atoms with van der Waals surface area (Å²) in [7, 11) is 3.03. The molecule has 186 valence electrons. The summed E-state index contributed by atoms with van der Waals surface area (Å²) in [4.78, 5) is 49.5. The van der Waals surface area contributed by atoms with Crippen molar-refractivity contribution in [2.45, 2.75) is 38.8 Å². The molecule has 0 bridgehead atoms. The average Bonchev–Trinajstić information content (AvgIpc) is 3.52. The maximum absolute atomic E-state index is 13.1. The molecular formula is C26H29N7O3. The van der Waals surface area contributed by atoms with Crippen molar-refractivity contribution in [3.8, 4) is 11.1 Å². The third-order valence-electron chi connectivity index (χ3n) is 7.04. The second kappa shape index (κ2) is 9.10. The van der Waals surface area contributed by atoms with Gasteiger partial charge in [-0.3, -0.25) is 18.7 Å². The Labute approximate surface area is 207 Å². The van der Waals surface area contributed by atoms with Crippen LogP contribution >= 0.6 is 0 Å². The number of rotatable bonds is 5. The van der Waals surface area contributed by atoms with Crippen LogP contribution in [-0.2, 0) is 18.9 Å². The summed E-state index contributed by atoms with van der Waals surface area (Å²) in [5.74, 6) is 0.458. The van der Waals surface area contributed by atoms with Crippen LogP contribution in [0.1, 0.15) is 32.7 Å². The lowest BCUT2D eigenvalue weighted by Gasteiger charge is -2.21. The van der Waals surface area contributed by atoms with E-state index >= 15 is 0 Å². The maximum Gasteiger partial charge on any atom is 0.331 e. The third kappa shape index (κ3) is 3.98. The van der Waals surface area contributed by atoms with E-state index < -0.39 is 17.3 Å². The van der Waals surface area contributed by atoms with Crippen LogP contribution in [0.5, 0.6) is 0 Å². The number of aryl methyl sites for hydroxylation is 1. The first-order valence-corrected chi connectivity index (χ1v) is 12.0. The summed E-state index contributed by atoms with van der Waals surface area (Å²) in [6.07, 6.45) is 7.58. The van der Waals surface area contributed by atoms with Gasteiger partial charge in [0.25, 0.3) is 5.56 Å². The molecule has 0 unspecified atom stereocenters. The number of fused-ring (bicyclic) bond motifs is 1. The average molecular weight is 488 g/mol. The minimum absolute atomic E-state index is 0.282. The smallest absolute Gasteiger partial charge is 0.331 e. The summed E-state index contributed by atoms with van der Waals surface area (Å²) in [6, 6.07) is 8.93. The van der Waals surface area contributed by atoms with Crippen molar-refractivity contribution in [3.63, 3.8) is 0 Å². The molecule has 0 saturated carbocycles. The minimum Gasteiger partial charge on any atom is -0.338 e. The lowest BCUT2D eigenvalue weighted by molar-refractivity contribution is -0.118. The predicted octanol–water partition coefficient (Wildman–Crippen LogP) is 2.68. The normalized spacial score (nSPS) is 16.4. The van der Waals surface area contributed by atoms with E-state index in [1.54, 1.807) is 30.8 Å². The van der Waals surface area contributed by atoms with E-state index in [0.29, 0.717) is 22.8 Å². The fraction of sp³-hybridized carbons (Fsp3) is 0.346. The SMILES string of the molecule is C[C@H]1CCCN1c1ncc(-c2cccc(NC(=O)[C@H](C)n3ccc4c3c(=O)n(C)c(=O)n4C)c2)cn1. The van der Waals surface area contributed by atoms with Gasteiger partial charge in [-0.25, -0.2) is 14.8 Å². The Morgan fingerprint density at radius 2 is 1.83 bits per heavy atom. The molecule has 1 aliphatic heterocycles. The van der Waals surface area contributed by atoms with Crippen molar-refractivity contribution in [2.75, 3.05) is 16.8 Å². The van der Waals surface area contributed by atoms with Crippen LogP contribution in [0.25, 0.3) is 22.2 Å². The molecule has 0 spiro atoms. The maximum atomic E-state index is 13.1. The van der Waals surface area contributed by atoms with Gasteiger partial charge in [-0.1, -0.05) is 12.1 Å². The zero-order chi connectivity index (χ0) is 25.6. The molecule has 1 aromatic carbocycles. The van der Waals surface area contributed by atoms with Crippen LogP contribution in [0.15, 0.2) is 58.5 Å². The highest BCUT2D eigenvalue weighted by molar-refractivity contribution is 5.95. The topological polar surface area (TPSA) is 107 Å². The molecule has 4 heterocycles. The number of carbonyl (C=O) groups excluding carboxylic acids is 1. The largest absolute Gasteiger partial charge is 0.338 e. The van der Waals surface area contributed by atoms with E-state index in [2.05, 4.69) is 27.1 Å². The highest BCUT2D eigenvalue weighted by Crippen LogP contribution is 2.26. The molecule has 0 radical (unpaired) electrons. The van der Waals surface area contributed by atoms with Crippen molar-refractivity contribution in [2.24, 2.45) is 14.1 Å². The molecule has 1 amide bonds. The van der Waals surface area contributed by atoms with Gasteiger partial charge in [0, 0.05) is 56.5 Å². The Morgan fingerprint density at radius 1 is 1.08 bits per heavy atom. The Balaban J connectivity index is 1.37. The van der Waals surface area contributed by atoms with Gasteiger partial charge in [0.15, 0.2) is 0 Å². The molecule has 36 heavy (non-hydrogen) atoms. The number of aromatic nitrogens is 5. The molecule has 10 nitrogen and oxygen atoms in total. The molecule has 1 N–H and O–H groups in total. The molecule has 1 aliphatic rings. The van der Waals surface area contributed by atoms with Crippen LogP contribution in [-0.4, -0.2) is 42.2 Å². The summed E-state index contributed by atoms with van der Waals surface area (Å²) in [6.45, 7) is 4.88. The molecule has 10 heteroatoms. The molecular weight excluding hydrogens is 458 g/mol. The summed E-state index contributed by atoms with van der Waals surface area (Å²) in [5, 5.41) is 2.94. The second-order valence-corrected chi connectivity index (χ2v) is 9.37. The van der Waals surface area contributed by atoms with Gasteiger partial charge in [0.1, 0.15) is 11.6 Å². The number of nitrogens with one attached hydrogen (secondary N) is 1. The Hall–Kier alpha value is -4.21. The van der Waals surface area contributed by atoms with Gasteiger partial charge < -0.3 is 14.8 Å². The van der Waals surface area contributed by atoms with Gasteiger partial charge in [-0.2, -0.15) is 0 Å². The van der Waals surface area contributed by atoms with Crippen molar-refractivity contribution >= 4 is 28.6 Å². The lowest BCUT2D eigenvalue weighted by Crippen LogP contribution is -2.38. The second-order valence-electron chi connectivity index (χ2n) is 9.37. The zero-order valence-corrected chi connectivity index (χ0v) is 20.8. The zero-order valence-electron chi connectivity index (χ0n) is 20.8. The first kappa shape index (κ1) is 23.5. The van der Waals surface area contributed by atoms with Crippen LogP contribution in [0.2, 0.25) is 0 Å². The van der Waals surface area contributed by atoms with Crippen molar-refractivity contribution < 1.29 is 4.79 Å². The molecule has 5 rings (SSSR count). The highest BCUT2D eigenvalue weighted by Gasteiger charge is 2.23. The van der Waals surface area contributed by atoms with Gasteiger partial charge in [-0.15, -0.1) is 0 Å². The van der Waals surface area contributed by atoms with E-state index in [1.165, 1.54) is 11.6 Å². The molecule has 3 aromatic heterocycles. The van der Waals surface area contributed by atoms with Crippen LogP contribution in [0, 0.1) is 0 Å².